The van der Waals surface area contributed by atoms with Gasteiger partial charge < -0.3 is 15.5 Å². The van der Waals surface area contributed by atoms with Crippen LogP contribution in [-0.4, -0.2) is 47.6 Å². The predicted molar refractivity (Wildman–Crippen MR) is 85.4 cm³/mol. The molecule has 0 unspecified atom stereocenters. The summed E-state index contributed by atoms with van der Waals surface area (Å²) in [5, 5.41) is 18.4. The van der Waals surface area contributed by atoms with E-state index < -0.39 is 0 Å². The van der Waals surface area contributed by atoms with Crippen LogP contribution < -0.4 is 15.5 Å². The van der Waals surface area contributed by atoms with Crippen molar-refractivity contribution >= 4 is 28.1 Å². The number of nitro benzene ring substituents is 1. The van der Waals surface area contributed by atoms with E-state index in [0.717, 1.165) is 37.4 Å². The van der Waals surface area contributed by atoms with Crippen molar-refractivity contribution in [2.75, 3.05) is 42.9 Å². The third-order valence-corrected chi connectivity index (χ3v) is 3.71. The van der Waals surface area contributed by atoms with E-state index >= 15 is 0 Å². The van der Waals surface area contributed by atoms with E-state index in [9.17, 15) is 10.1 Å². The van der Waals surface area contributed by atoms with Crippen LogP contribution in [0.2, 0.25) is 0 Å². The summed E-state index contributed by atoms with van der Waals surface area (Å²) in [4.78, 5) is 21.7. The minimum Gasteiger partial charge on any atom is -0.380 e. The first-order valence-electron chi connectivity index (χ1n) is 7.33. The van der Waals surface area contributed by atoms with Gasteiger partial charge in [-0.1, -0.05) is 0 Å². The molecule has 0 atom stereocenters. The van der Waals surface area contributed by atoms with E-state index in [1.807, 2.05) is 6.92 Å². The van der Waals surface area contributed by atoms with Crippen molar-refractivity contribution in [1.82, 2.24) is 15.3 Å². The molecular formula is C14H18N6O2. The molecule has 1 aromatic heterocycles. The van der Waals surface area contributed by atoms with Gasteiger partial charge in [0.15, 0.2) is 0 Å². The van der Waals surface area contributed by atoms with Crippen LogP contribution in [0, 0.1) is 10.1 Å². The Morgan fingerprint density at radius 2 is 2.14 bits per heavy atom. The van der Waals surface area contributed by atoms with Crippen molar-refractivity contribution in [2.24, 2.45) is 0 Å². The number of fused-ring (bicyclic) bond motifs is 1. The van der Waals surface area contributed by atoms with Gasteiger partial charge in [-0.25, -0.2) is 9.97 Å². The molecule has 1 saturated heterocycles. The molecule has 2 N–H and O–H groups in total. The third-order valence-electron chi connectivity index (χ3n) is 3.71. The average molecular weight is 302 g/mol. The van der Waals surface area contributed by atoms with Gasteiger partial charge in [0.25, 0.3) is 5.69 Å². The average Bonchev–Trinajstić information content (AvgIpc) is 2.54. The summed E-state index contributed by atoms with van der Waals surface area (Å²) in [5.74, 6) is 0.762. The lowest BCUT2D eigenvalue weighted by Crippen LogP contribution is -2.44. The van der Waals surface area contributed by atoms with Gasteiger partial charge in [0.1, 0.15) is 17.8 Å². The quantitative estimate of drug-likeness (QED) is 0.650. The number of nitro groups is 1. The van der Waals surface area contributed by atoms with Crippen molar-refractivity contribution in [3.8, 4) is 0 Å². The Balaban J connectivity index is 2.14. The Morgan fingerprint density at radius 1 is 1.36 bits per heavy atom. The Bertz CT molecular complexity index is 699. The molecule has 0 bridgehead atoms. The number of benzene rings is 1. The van der Waals surface area contributed by atoms with E-state index in [1.54, 1.807) is 12.1 Å². The second-order valence-electron chi connectivity index (χ2n) is 5.11. The maximum Gasteiger partial charge on any atom is 0.293 e. The van der Waals surface area contributed by atoms with Gasteiger partial charge in [-0.2, -0.15) is 0 Å². The van der Waals surface area contributed by atoms with Crippen LogP contribution in [-0.2, 0) is 0 Å². The molecule has 1 fully saturated rings. The maximum atomic E-state index is 11.3. The summed E-state index contributed by atoms with van der Waals surface area (Å²) in [7, 11) is 0. The predicted octanol–water partition coefficient (Wildman–Crippen LogP) is 1.38. The smallest absolute Gasteiger partial charge is 0.293 e. The van der Waals surface area contributed by atoms with E-state index in [1.165, 1.54) is 6.33 Å². The van der Waals surface area contributed by atoms with Gasteiger partial charge >= 0.3 is 0 Å². The lowest BCUT2D eigenvalue weighted by molar-refractivity contribution is -0.383. The van der Waals surface area contributed by atoms with E-state index in [0.29, 0.717) is 17.7 Å². The molecule has 3 rings (SSSR count). The maximum absolute atomic E-state index is 11.3. The molecule has 1 aliphatic rings. The van der Waals surface area contributed by atoms with Gasteiger partial charge in [-0.15, -0.1) is 0 Å². The van der Waals surface area contributed by atoms with Crippen molar-refractivity contribution in [3.05, 3.63) is 28.6 Å². The molecule has 0 amide bonds. The minimum absolute atomic E-state index is 0.0561. The second-order valence-corrected chi connectivity index (χ2v) is 5.11. The Morgan fingerprint density at radius 3 is 2.82 bits per heavy atom. The first-order valence-corrected chi connectivity index (χ1v) is 7.33. The van der Waals surface area contributed by atoms with Crippen LogP contribution >= 0.6 is 0 Å². The molecule has 8 nitrogen and oxygen atoms in total. The highest BCUT2D eigenvalue weighted by Gasteiger charge is 2.20. The van der Waals surface area contributed by atoms with Gasteiger partial charge in [-0.05, 0) is 13.0 Å². The zero-order chi connectivity index (χ0) is 15.5. The molecule has 2 aromatic rings. The largest absolute Gasteiger partial charge is 0.380 e. The molecule has 1 aromatic carbocycles. The summed E-state index contributed by atoms with van der Waals surface area (Å²) >= 11 is 0. The van der Waals surface area contributed by atoms with Gasteiger partial charge in [0.2, 0.25) is 0 Å². The van der Waals surface area contributed by atoms with Crippen LogP contribution in [0.4, 0.5) is 17.2 Å². The fraction of sp³-hybridized carbons (Fsp3) is 0.429. The number of hydrogen-bond acceptors (Lipinski definition) is 7. The highest BCUT2D eigenvalue weighted by Crippen LogP contribution is 2.33. The second kappa shape index (κ2) is 6.10. The van der Waals surface area contributed by atoms with Gasteiger partial charge in [0.05, 0.1) is 10.4 Å². The molecule has 22 heavy (non-hydrogen) atoms. The molecule has 1 aliphatic heterocycles. The summed E-state index contributed by atoms with van der Waals surface area (Å²) in [6.45, 7) is 5.93. The topological polar surface area (TPSA) is 96.2 Å². The molecule has 0 aliphatic carbocycles. The summed E-state index contributed by atoms with van der Waals surface area (Å²) in [6, 6.07) is 3.30. The summed E-state index contributed by atoms with van der Waals surface area (Å²) in [5.41, 5.74) is 1.26. The number of piperazine rings is 1. The SMILES string of the molecule is CCNc1cc2ncnc(N3CCNCC3)c2cc1[N+](=O)[O-]. The number of anilines is 2. The number of hydrogen-bond donors (Lipinski definition) is 2. The molecule has 8 heteroatoms. The number of nitrogens with one attached hydrogen (secondary N) is 2. The first kappa shape index (κ1) is 14.5. The minimum atomic E-state index is -0.369. The monoisotopic (exact) mass is 302 g/mol. The zero-order valence-corrected chi connectivity index (χ0v) is 12.4. The fourth-order valence-corrected chi connectivity index (χ4v) is 2.69. The molecular weight excluding hydrogens is 284 g/mol. The number of aromatic nitrogens is 2. The van der Waals surface area contributed by atoms with Crippen molar-refractivity contribution in [2.45, 2.75) is 6.92 Å². The number of nitrogens with zero attached hydrogens (tertiary/aromatic N) is 4. The fourth-order valence-electron chi connectivity index (χ4n) is 2.69. The zero-order valence-electron chi connectivity index (χ0n) is 12.4. The normalized spacial score (nSPS) is 15.0. The van der Waals surface area contributed by atoms with Crippen molar-refractivity contribution in [1.29, 1.82) is 0 Å². The van der Waals surface area contributed by atoms with Crippen LogP contribution in [0.1, 0.15) is 6.92 Å². The van der Waals surface area contributed by atoms with Gasteiger partial charge in [-0.3, -0.25) is 10.1 Å². The molecule has 0 spiro atoms. The van der Waals surface area contributed by atoms with Crippen molar-refractivity contribution in [3.63, 3.8) is 0 Å². The van der Waals surface area contributed by atoms with Crippen molar-refractivity contribution < 1.29 is 4.92 Å². The molecule has 116 valence electrons. The van der Waals surface area contributed by atoms with E-state index in [2.05, 4.69) is 25.5 Å². The summed E-state index contributed by atoms with van der Waals surface area (Å²) in [6.07, 6.45) is 1.52. The lowest BCUT2D eigenvalue weighted by atomic mass is 10.1. The third kappa shape index (κ3) is 2.64. The standard InChI is InChI=1S/C14H18N6O2/c1-2-16-12-8-11-10(7-13(12)20(21)22)14(18-9-17-11)19-5-3-15-4-6-19/h7-9,15-16H,2-6H2,1H3. The first-order chi connectivity index (χ1) is 10.7. The Kier molecular flexibility index (Phi) is 4.01. The molecule has 0 saturated carbocycles. The lowest BCUT2D eigenvalue weighted by Gasteiger charge is -2.29. The highest BCUT2D eigenvalue weighted by molar-refractivity contribution is 5.94. The van der Waals surface area contributed by atoms with Crippen LogP contribution in [0.15, 0.2) is 18.5 Å². The molecule has 0 radical (unpaired) electrons. The van der Waals surface area contributed by atoms with Gasteiger partial charge in [0, 0.05) is 44.2 Å². The summed E-state index contributed by atoms with van der Waals surface area (Å²) < 4.78 is 0. The Hall–Kier alpha value is -2.48. The number of rotatable bonds is 4. The Labute approximate surface area is 127 Å². The van der Waals surface area contributed by atoms with E-state index in [-0.39, 0.29) is 10.6 Å². The van der Waals surface area contributed by atoms with E-state index in [4.69, 9.17) is 0 Å². The highest BCUT2D eigenvalue weighted by atomic mass is 16.6. The van der Waals surface area contributed by atoms with Crippen LogP contribution in [0.5, 0.6) is 0 Å². The van der Waals surface area contributed by atoms with Crippen LogP contribution in [0.3, 0.4) is 0 Å². The molecule has 2 heterocycles. The van der Waals surface area contributed by atoms with Crippen LogP contribution in [0.25, 0.3) is 10.9 Å².